The molecule has 2 N–H and O–H groups in total. The number of amides is 3. The second-order valence-corrected chi connectivity index (χ2v) is 6.47. The Morgan fingerprint density at radius 2 is 1.85 bits per heavy atom. The topological polar surface area (TPSA) is 70.7 Å². The maximum absolute atomic E-state index is 12.3. The van der Waals surface area contributed by atoms with Crippen molar-refractivity contribution in [1.29, 1.82) is 0 Å². The SMILES string of the molecule is COc1ccc(N2CC(CNC(=O)Nc3ccc(C)cc3)CC2=O)cc1. The summed E-state index contributed by atoms with van der Waals surface area (Å²) in [5, 5.41) is 5.65. The number of methoxy groups -OCH3 is 1. The molecular weight excluding hydrogens is 330 g/mol. The van der Waals surface area contributed by atoms with Crippen LogP contribution in [0.1, 0.15) is 12.0 Å². The van der Waals surface area contributed by atoms with Crippen LogP contribution in [0, 0.1) is 12.8 Å². The highest BCUT2D eigenvalue weighted by atomic mass is 16.5. The lowest BCUT2D eigenvalue weighted by atomic mass is 10.1. The molecule has 1 aliphatic heterocycles. The van der Waals surface area contributed by atoms with Gasteiger partial charge in [-0.3, -0.25) is 4.79 Å². The molecule has 3 rings (SSSR count). The number of aryl methyl sites for hydroxylation is 1. The van der Waals surface area contributed by atoms with Gasteiger partial charge in [0.05, 0.1) is 7.11 Å². The average molecular weight is 353 g/mol. The van der Waals surface area contributed by atoms with E-state index >= 15 is 0 Å². The van der Waals surface area contributed by atoms with Gasteiger partial charge in [-0.2, -0.15) is 0 Å². The number of hydrogen-bond acceptors (Lipinski definition) is 3. The van der Waals surface area contributed by atoms with E-state index in [2.05, 4.69) is 10.6 Å². The molecule has 2 aromatic carbocycles. The fourth-order valence-corrected chi connectivity index (χ4v) is 2.98. The van der Waals surface area contributed by atoms with E-state index in [4.69, 9.17) is 4.74 Å². The number of urea groups is 1. The Hall–Kier alpha value is -3.02. The van der Waals surface area contributed by atoms with Crippen molar-refractivity contribution >= 4 is 23.3 Å². The average Bonchev–Trinajstić information content (AvgIpc) is 3.03. The van der Waals surface area contributed by atoms with Crippen molar-refractivity contribution in [2.45, 2.75) is 13.3 Å². The first-order valence-corrected chi connectivity index (χ1v) is 8.61. The molecule has 0 radical (unpaired) electrons. The van der Waals surface area contributed by atoms with Crippen LogP contribution in [0.4, 0.5) is 16.2 Å². The summed E-state index contributed by atoms with van der Waals surface area (Å²) < 4.78 is 5.14. The Labute approximate surface area is 153 Å². The molecule has 0 aromatic heterocycles. The highest BCUT2D eigenvalue weighted by Gasteiger charge is 2.30. The Morgan fingerprint density at radius 3 is 2.50 bits per heavy atom. The van der Waals surface area contributed by atoms with Gasteiger partial charge in [0.25, 0.3) is 0 Å². The highest BCUT2D eigenvalue weighted by molar-refractivity contribution is 5.96. The van der Waals surface area contributed by atoms with Crippen LogP contribution < -0.4 is 20.3 Å². The van der Waals surface area contributed by atoms with E-state index in [-0.39, 0.29) is 17.9 Å². The lowest BCUT2D eigenvalue weighted by Gasteiger charge is -2.17. The molecule has 6 heteroatoms. The molecule has 26 heavy (non-hydrogen) atoms. The maximum atomic E-state index is 12.3. The minimum atomic E-state index is -0.260. The van der Waals surface area contributed by atoms with Crippen molar-refractivity contribution in [2.24, 2.45) is 5.92 Å². The zero-order valence-electron chi connectivity index (χ0n) is 15.0. The molecular formula is C20H23N3O3. The zero-order valence-corrected chi connectivity index (χ0v) is 15.0. The van der Waals surface area contributed by atoms with E-state index in [1.165, 1.54) is 0 Å². The molecule has 1 atom stereocenters. The van der Waals surface area contributed by atoms with E-state index in [1.54, 1.807) is 12.0 Å². The molecule has 0 spiro atoms. The van der Waals surface area contributed by atoms with E-state index in [1.807, 2.05) is 55.5 Å². The van der Waals surface area contributed by atoms with Gasteiger partial charge < -0.3 is 20.3 Å². The minimum absolute atomic E-state index is 0.0703. The summed E-state index contributed by atoms with van der Waals surface area (Å²) in [5.41, 5.74) is 2.73. The Morgan fingerprint density at radius 1 is 1.15 bits per heavy atom. The van der Waals surface area contributed by atoms with Gasteiger partial charge in [0.15, 0.2) is 0 Å². The third kappa shape index (κ3) is 4.33. The number of ether oxygens (including phenoxy) is 1. The molecule has 0 bridgehead atoms. The van der Waals surface area contributed by atoms with Crippen molar-refractivity contribution in [1.82, 2.24) is 5.32 Å². The van der Waals surface area contributed by atoms with Gasteiger partial charge >= 0.3 is 6.03 Å². The largest absolute Gasteiger partial charge is 0.497 e. The number of rotatable bonds is 5. The molecule has 0 aliphatic carbocycles. The monoisotopic (exact) mass is 353 g/mol. The molecule has 1 aliphatic rings. The van der Waals surface area contributed by atoms with Gasteiger partial charge in [-0.05, 0) is 43.3 Å². The predicted octanol–water partition coefficient (Wildman–Crippen LogP) is 3.18. The molecule has 0 saturated carbocycles. The van der Waals surface area contributed by atoms with E-state index in [0.29, 0.717) is 19.5 Å². The van der Waals surface area contributed by atoms with E-state index < -0.39 is 0 Å². The number of carbonyl (C=O) groups excluding carboxylic acids is 2. The molecule has 3 amide bonds. The second kappa shape index (κ2) is 7.91. The summed E-state index contributed by atoms with van der Waals surface area (Å²) in [6, 6.07) is 14.8. The lowest BCUT2D eigenvalue weighted by Crippen LogP contribution is -2.34. The number of benzene rings is 2. The van der Waals surface area contributed by atoms with Crippen LogP contribution >= 0.6 is 0 Å². The number of hydrogen-bond donors (Lipinski definition) is 2. The third-order valence-corrected chi connectivity index (χ3v) is 4.45. The fraction of sp³-hybridized carbons (Fsp3) is 0.300. The molecule has 1 saturated heterocycles. The maximum Gasteiger partial charge on any atom is 0.319 e. The fourth-order valence-electron chi connectivity index (χ4n) is 2.98. The smallest absolute Gasteiger partial charge is 0.319 e. The standard InChI is InChI=1S/C20H23N3O3/c1-14-3-5-16(6-4-14)22-20(25)21-12-15-11-19(24)23(13-15)17-7-9-18(26-2)10-8-17/h3-10,15H,11-13H2,1-2H3,(H2,21,22,25). The number of nitrogens with one attached hydrogen (secondary N) is 2. The predicted molar refractivity (Wildman–Crippen MR) is 102 cm³/mol. The van der Waals surface area contributed by atoms with Crippen molar-refractivity contribution < 1.29 is 14.3 Å². The van der Waals surface area contributed by atoms with Gasteiger partial charge in [0.2, 0.25) is 5.91 Å². The van der Waals surface area contributed by atoms with Gasteiger partial charge in [-0.15, -0.1) is 0 Å². The second-order valence-electron chi connectivity index (χ2n) is 6.47. The van der Waals surface area contributed by atoms with Gasteiger partial charge in [0, 0.05) is 36.8 Å². The van der Waals surface area contributed by atoms with E-state index in [9.17, 15) is 9.59 Å². The van der Waals surface area contributed by atoms with Crippen LogP contribution in [0.15, 0.2) is 48.5 Å². The summed E-state index contributed by atoms with van der Waals surface area (Å²) in [7, 11) is 1.61. The van der Waals surface area contributed by atoms with Crippen molar-refractivity contribution in [2.75, 3.05) is 30.4 Å². The Balaban J connectivity index is 1.50. The molecule has 2 aromatic rings. The van der Waals surface area contributed by atoms with Gasteiger partial charge in [-0.25, -0.2) is 4.79 Å². The zero-order chi connectivity index (χ0) is 18.5. The quantitative estimate of drug-likeness (QED) is 0.867. The number of anilines is 2. The first kappa shape index (κ1) is 17.8. The van der Waals surface area contributed by atoms with Gasteiger partial charge in [0.1, 0.15) is 5.75 Å². The summed E-state index contributed by atoms with van der Waals surface area (Å²) in [6.45, 7) is 3.04. The highest BCUT2D eigenvalue weighted by Crippen LogP contribution is 2.26. The normalized spacial score (nSPS) is 16.5. The van der Waals surface area contributed by atoms with Crippen LogP contribution in [0.2, 0.25) is 0 Å². The number of carbonyl (C=O) groups is 2. The Bertz CT molecular complexity index is 772. The summed E-state index contributed by atoms with van der Waals surface area (Å²) >= 11 is 0. The molecule has 6 nitrogen and oxygen atoms in total. The number of nitrogens with zero attached hydrogens (tertiary/aromatic N) is 1. The van der Waals surface area contributed by atoms with Crippen LogP contribution in [-0.2, 0) is 4.79 Å². The molecule has 136 valence electrons. The van der Waals surface area contributed by atoms with Crippen LogP contribution in [0.5, 0.6) is 5.75 Å². The Kier molecular flexibility index (Phi) is 5.41. The van der Waals surface area contributed by atoms with Crippen LogP contribution in [0.3, 0.4) is 0 Å². The van der Waals surface area contributed by atoms with Crippen molar-refractivity contribution in [3.63, 3.8) is 0 Å². The van der Waals surface area contributed by atoms with Crippen LogP contribution in [0.25, 0.3) is 0 Å². The third-order valence-electron chi connectivity index (χ3n) is 4.45. The first-order valence-electron chi connectivity index (χ1n) is 8.61. The van der Waals surface area contributed by atoms with E-state index in [0.717, 1.165) is 22.7 Å². The first-order chi connectivity index (χ1) is 12.5. The minimum Gasteiger partial charge on any atom is -0.497 e. The van der Waals surface area contributed by atoms with Gasteiger partial charge in [-0.1, -0.05) is 17.7 Å². The summed E-state index contributed by atoms with van der Waals surface area (Å²) in [5.74, 6) is 0.917. The molecule has 1 unspecified atom stereocenters. The van der Waals surface area contributed by atoms with Crippen molar-refractivity contribution in [3.05, 3.63) is 54.1 Å². The lowest BCUT2D eigenvalue weighted by molar-refractivity contribution is -0.117. The molecule has 1 heterocycles. The molecule has 1 fully saturated rings. The van der Waals surface area contributed by atoms with Crippen LogP contribution in [-0.4, -0.2) is 32.1 Å². The van der Waals surface area contributed by atoms with Crippen molar-refractivity contribution in [3.8, 4) is 5.75 Å². The summed E-state index contributed by atoms with van der Waals surface area (Å²) in [6.07, 6.45) is 0.427. The summed E-state index contributed by atoms with van der Waals surface area (Å²) in [4.78, 5) is 26.1.